The van der Waals surface area contributed by atoms with Gasteiger partial charge in [-0.25, -0.2) is 4.98 Å². The number of fused-ring (bicyclic) bond motifs is 4. The summed E-state index contributed by atoms with van der Waals surface area (Å²) in [6, 6.07) is 6.28. The van der Waals surface area contributed by atoms with Gasteiger partial charge in [0.1, 0.15) is 18.2 Å². The fourth-order valence-electron chi connectivity index (χ4n) is 3.97. The topological polar surface area (TPSA) is 77.7 Å². The lowest BCUT2D eigenvalue weighted by Crippen LogP contribution is -2.32. The Bertz CT molecular complexity index is 1330. The van der Waals surface area contributed by atoms with Gasteiger partial charge >= 0.3 is 6.18 Å². The number of amides is 1. The highest BCUT2D eigenvalue weighted by atomic mass is 19.4. The zero-order chi connectivity index (χ0) is 24.4. The Morgan fingerprint density at radius 3 is 2.81 bits per heavy atom. The minimum Gasteiger partial charge on any atom is -0.491 e. The van der Waals surface area contributed by atoms with Crippen molar-refractivity contribution >= 4 is 22.6 Å². The second-order valence-corrected chi connectivity index (χ2v) is 7.43. The van der Waals surface area contributed by atoms with E-state index in [1.54, 1.807) is 12.1 Å². The summed E-state index contributed by atoms with van der Waals surface area (Å²) in [6.07, 6.45) is -4.58. The number of likely N-dealkylation sites (N-methyl/N-ethyl adjacent to an activating group) is 1. The van der Waals surface area contributed by atoms with Crippen molar-refractivity contribution in [2.24, 2.45) is 0 Å². The summed E-state index contributed by atoms with van der Waals surface area (Å²) in [7, 11) is 0. The molecule has 5 rings (SSSR count). The molecule has 0 aliphatic carbocycles. The molecule has 2 N–H and O–H groups in total. The Morgan fingerprint density at radius 2 is 2.03 bits per heavy atom. The molecule has 9 heteroatoms. The number of rotatable bonds is 2. The number of nitrogen functional groups attached to an aromatic ring is 1. The maximum atomic E-state index is 13.5. The van der Waals surface area contributed by atoms with Crippen LogP contribution in [0.4, 0.5) is 19.0 Å². The van der Waals surface area contributed by atoms with Crippen LogP contribution in [0.3, 0.4) is 0 Å². The average Bonchev–Trinajstić information content (AvgIpc) is 3.40. The number of hydrogen-bond acceptors (Lipinski definition) is 5. The van der Waals surface area contributed by atoms with Crippen molar-refractivity contribution in [2.45, 2.75) is 25.4 Å². The van der Waals surface area contributed by atoms with Crippen LogP contribution in [0.25, 0.3) is 10.9 Å². The van der Waals surface area contributed by atoms with E-state index in [1.807, 2.05) is 0 Å². The number of nitrogens with zero attached hydrogens (tertiary/aromatic N) is 2. The summed E-state index contributed by atoms with van der Waals surface area (Å²) < 4.78 is 74.0. The van der Waals surface area contributed by atoms with Crippen LogP contribution < -0.4 is 10.5 Å². The molecule has 0 spiro atoms. The molecule has 2 aliphatic rings. The maximum absolute atomic E-state index is 13.5. The monoisotopic (exact) mass is 432 g/mol. The zero-order valence-corrected chi connectivity index (χ0v) is 16.0. The summed E-state index contributed by atoms with van der Waals surface area (Å²) in [6.45, 7) is -2.59. The number of aromatic nitrogens is 1. The number of nitrogens with two attached hydrogens (primary N) is 1. The lowest BCUT2D eigenvalue weighted by Gasteiger charge is -2.24. The fraction of sp³-hybridized carbons (Fsp3) is 0.273. The van der Waals surface area contributed by atoms with Gasteiger partial charge in [0.15, 0.2) is 0 Å². The van der Waals surface area contributed by atoms with E-state index in [0.717, 1.165) is 29.3 Å². The SMILES string of the molecule is [2H]C([2H])([2H])N(C(=O)c1ccc2nc(N)c3c(c2c1)COC3)[C@H]1COc2cc(C(F)(F)F)ccc21. The molecule has 3 heterocycles. The molecule has 31 heavy (non-hydrogen) atoms. The minimum absolute atomic E-state index is 0.0876. The average molecular weight is 432 g/mol. The van der Waals surface area contributed by atoms with Gasteiger partial charge in [-0.05, 0) is 35.9 Å². The van der Waals surface area contributed by atoms with Gasteiger partial charge in [0.25, 0.3) is 5.91 Å². The van der Waals surface area contributed by atoms with E-state index in [-0.39, 0.29) is 30.1 Å². The summed E-state index contributed by atoms with van der Waals surface area (Å²) in [4.78, 5) is 18.5. The molecule has 1 aromatic heterocycles. The molecule has 0 saturated carbocycles. The van der Waals surface area contributed by atoms with Gasteiger partial charge < -0.3 is 20.1 Å². The molecule has 6 nitrogen and oxygen atoms in total. The molecule has 3 aromatic rings. The van der Waals surface area contributed by atoms with Gasteiger partial charge in [-0.15, -0.1) is 0 Å². The van der Waals surface area contributed by atoms with Crippen LogP contribution in [-0.2, 0) is 24.1 Å². The maximum Gasteiger partial charge on any atom is 0.416 e. The van der Waals surface area contributed by atoms with Crippen molar-refractivity contribution in [3.63, 3.8) is 0 Å². The third kappa shape index (κ3) is 3.16. The molecular formula is C22H18F3N3O3. The smallest absolute Gasteiger partial charge is 0.416 e. The molecule has 2 aliphatic heterocycles. The van der Waals surface area contributed by atoms with E-state index < -0.39 is 30.7 Å². The van der Waals surface area contributed by atoms with E-state index >= 15 is 0 Å². The number of halogens is 3. The third-order valence-electron chi connectivity index (χ3n) is 5.60. The van der Waals surface area contributed by atoms with E-state index in [2.05, 4.69) is 4.98 Å². The lowest BCUT2D eigenvalue weighted by molar-refractivity contribution is -0.137. The van der Waals surface area contributed by atoms with Gasteiger partial charge in [-0.1, -0.05) is 6.07 Å². The number of hydrogen-bond donors (Lipinski definition) is 1. The standard InChI is InChI=1S/C22H18F3N3O3/c1-28(18-10-31-19-7-12(22(23,24)25)3-4-13(18)19)21(29)11-2-5-17-14(6-11)15-8-30-9-16(15)20(26)27-17/h2-7,18H,8-10H2,1H3,(H2,26,27)/t18-/m0/s1/i1D3. The Kier molecular flexibility index (Phi) is 3.62. The van der Waals surface area contributed by atoms with E-state index in [1.165, 1.54) is 6.07 Å². The molecule has 160 valence electrons. The Labute approximate surface area is 179 Å². The third-order valence-corrected chi connectivity index (χ3v) is 5.60. The van der Waals surface area contributed by atoms with Crippen LogP contribution in [0.1, 0.15) is 42.8 Å². The molecule has 0 unspecified atom stereocenters. The van der Waals surface area contributed by atoms with Crippen molar-refractivity contribution < 1.29 is 31.6 Å². The van der Waals surface area contributed by atoms with Gasteiger partial charge in [0, 0.05) is 33.2 Å². The fourth-order valence-corrected chi connectivity index (χ4v) is 3.97. The molecule has 2 aromatic carbocycles. The van der Waals surface area contributed by atoms with Crippen LogP contribution in [0.15, 0.2) is 36.4 Å². The second kappa shape index (κ2) is 6.84. The van der Waals surface area contributed by atoms with Crippen LogP contribution in [0.5, 0.6) is 5.75 Å². The molecule has 0 bridgehead atoms. The Balaban J connectivity index is 1.56. The first-order valence-electron chi connectivity index (χ1n) is 10.9. The van der Waals surface area contributed by atoms with Gasteiger partial charge in [-0.3, -0.25) is 4.79 Å². The molecule has 0 fully saturated rings. The van der Waals surface area contributed by atoms with Gasteiger partial charge in [-0.2, -0.15) is 13.2 Å². The van der Waals surface area contributed by atoms with Crippen molar-refractivity contribution in [3.8, 4) is 5.75 Å². The van der Waals surface area contributed by atoms with Crippen LogP contribution in [0, 0.1) is 0 Å². The summed E-state index contributed by atoms with van der Waals surface area (Å²) in [5.41, 5.74) is 7.39. The zero-order valence-electron chi connectivity index (χ0n) is 19.0. The number of anilines is 1. The van der Waals surface area contributed by atoms with Gasteiger partial charge in [0.05, 0.1) is 30.3 Å². The van der Waals surface area contributed by atoms with E-state index in [4.69, 9.17) is 19.3 Å². The summed E-state index contributed by atoms with van der Waals surface area (Å²) in [5.74, 6) is -0.580. The predicted octanol–water partition coefficient (Wildman–Crippen LogP) is 4.07. The first-order chi connectivity index (χ1) is 15.9. The van der Waals surface area contributed by atoms with Crippen LogP contribution >= 0.6 is 0 Å². The molecule has 1 amide bonds. The highest BCUT2D eigenvalue weighted by Crippen LogP contribution is 2.40. The van der Waals surface area contributed by atoms with Crippen LogP contribution in [-0.4, -0.2) is 29.4 Å². The molecular weight excluding hydrogens is 411 g/mol. The minimum atomic E-state index is -4.58. The number of alkyl halides is 3. The van der Waals surface area contributed by atoms with Crippen molar-refractivity contribution in [2.75, 3.05) is 19.3 Å². The van der Waals surface area contributed by atoms with E-state index in [9.17, 15) is 18.0 Å². The van der Waals surface area contributed by atoms with Crippen LogP contribution in [0.2, 0.25) is 0 Å². The first kappa shape index (κ1) is 16.4. The number of benzene rings is 2. The number of carbonyl (C=O) groups excluding carboxylic acids is 1. The van der Waals surface area contributed by atoms with Crippen molar-refractivity contribution in [1.29, 1.82) is 0 Å². The predicted molar refractivity (Wildman–Crippen MR) is 106 cm³/mol. The largest absolute Gasteiger partial charge is 0.491 e. The molecule has 0 radical (unpaired) electrons. The first-order valence-corrected chi connectivity index (χ1v) is 9.41. The highest BCUT2D eigenvalue weighted by Gasteiger charge is 2.36. The summed E-state index contributed by atoms with van der Waals surface area (Å²) in [5, 5.41) is 0.621. The number of carbonyl (C=O) groups is 1. The number of ether oxygens (including phenoxy) is 2. The van der Waals surface area contributed by atoms with Gasteiger partial charge in [0.2, 0.25) is 0 Å². The molecule has 0 saturated heterocycles. The number of pyridine rings is 1. The molecule has 1 atom stereocenters. The normalized spacial score (nSPS) is 19.2. The lowest BCUT2D eigenvalue weighted by atomic mass is 10.0. The second-order valence-electron chi connectivity index (χ2n) is 7.43. The highest BCUT2D eigenvalue weighted by molar-refractivity contribution is 5.99. The van der Waals surface area contributed by atoms with Crippen molar-refractivity contribution in [1.82, 2.24) is 9.88 Å². The quantitative estimate of drug-likeness (QED) is 0.661. The Morgan fingerprint density at radius 1 is 1.23 bits per heavy atom. The summed E-state index contributed by atoms with van der Waals surface area (Å²) >= 11 is 0. The van der Waals surface area contributed by atoms with E-state index in [0.29, 0.717) is 28.2 Å². The van der Waals surface area contributed by atoms with Crippen molar-refractivity contribution in [3.05, 3.63) is 64.2 Å². The Hall–Kier alpha value is -3.33.